The second kappa shape index (κ2) is 9.31. The number of hydrogen-bond donors (Lipinski definition) is 2. The van der Waals surface area contributed by atoms with Crippen LogP contribution in [0.3, 0.4) is 0 Å². The van der Waals surface area contributed by atoms with Gasteiger partial charge in [-0.05, 0) is 6.42 Å². The van der Waals surface area contributed by atoms with Crippen molar-refractivity contribution in [2.24, 2.45) is 0 Å². The number of hydrogen-bond acceptors (Lipinski definition) is 6. The first-order valence-corrected chi connectivity index (χ1v) is 8.48. The predicted octanol–water partition coefficient (Wildman–Crippen LogP) is -3.99. The van der Waals surface area contributed by atoms with Gasteiger partial charge in [-0.15, -0.1) is 0 Å². The predicted molar refractivity (Wildman–Crippen MR) is 61.9 cm³/mol. The van der Waals surface area contributed by atoms with Gasteiger partial charge in [0.05, 0.1) is 27.7 Å². The van der Waals surface area contributed by atoms with Crippen LogP contribution in [0.15, 0.2) is 0 Å². The number of aliphatic hydroxyl groups excluding tert-OH is 1. The molecule has 18 heavy (non-hydrogen) atoms. The molecule has 0 bridgehead atoms. The number of sulfonamides is 1. The molecule has 1 unspecified atom stereocenters. The first-order chi connectivity index (χ1) is 7.66. The van der Waals surface area contributed by atoms with Gasteiger partial charge in [-0.1, -0.05) is 19.8 Å². The van der Waals surface area contributed by atoms with Crippen molar-refractivity contribution >= 4 is 20.1 Å². The summed E-state index contributed by atoms with van der Waals surface area (Å²) in [6.45, 7) is 1.47. The van der Waals surface area contributed by atoms with E-state index in [0.29, 0.717) is 6.42 Å². The van der Waals surface area contributed by atoms with Crippen LogP contribution in [-0.4, -0.2) is 50.6 Å². The molecular formula is C8H18LiNO6S2. The molecule has 0 rings (SSSR count). The van der Waals surface area contributed by atoms with Crippen LogP contribution in [-0.2, 0) is 20.1 Å². The van der Waals surface area contributed by atoms with E-state index in [1.807, 2.05) is 6.92 Å². The van der Waals surface area contributed by atoms with Crippen LogP contribution in [0, 0.1) is 0 Å². The third-order valence-electron chi connectivity index (χ3n) is 1.95. The molecule has 0 aliphatic rings. The molecule has 0 aromatic heterocycles. The van der Waals surface area contributed by atoms with Gasteiger partial charge >= 0.3 is 18.9 Å². The molecule has 0 fully saturated rings. The summed E-state index contributed by atoms with van der Waals surface area (Å²) >= 11 is 0. The average Bonchev–Trinajstić information content (AvgIpc) is 2.13. The Morgan fingerprint density at radius 3 is 2.22 bits per heavy atom. The molecule has 0 aliphatic carbocycles. The monoisotopic (exact) mass is 295 g/mol. The van der Waals surface area contributed by atoms with Crippen molar-refractivity contribution in [1.29, 1.82) is 0 Å². The third-order valence-corrected chi connectivity index (χ3v) is 4.18. The maximum absolute atomic E-state index is 11.3. The van der Waals surface area contributed by atoms with E-state index in [-0.39, 0.29) is 24.6 Å². The Balaban J connectivity index is 0. The smallest absolute Gasteiger partial charge is 0.748 e. The molecule has 1 atom stereocenters. The fourth-order valence-electron chi connectivity index (χ4n) is 1.13. The van der Waals surface area contributed by atoms with Gasteiger partial charge in [0.1, 0.15) is 0 Å². The first-order valence-electron chi connectivity index (χ1n) is 5.25. The molecule has 0 spiro atoms. The zero-order valence-electron chi connectivity index (χ0n) is 10.6. The van der Waals surface area contributed by atoms with E-state index in [9.17, 15) is 21.4 Å². The van der Waals surface area contributed by atoms with Crippen molar-refractivity contribution in [3.05, 3.63) is 0 Å². The second-order valence-electron chi connectivity index (χ2n) is 3.75. The van der Waals surface area contributed by atoms with Crippen LogP contribution in [0.4, 0.5) is 0 Å². The normalized spacial score (nSPS) is 13.9. The Hall–Kier alpha value is 0.377. The molecule has 7 nitrogen and oxygen atoms in total. The van der Waals surface area contributed by atoms with Crippen LogP contribution in [0.1, 0.15) is 26.2 Å². The molecule has 0 aliphatic heterocycles. The van der Waals surface area contributed by atoms with E-state index in [4.69, 9.17) is 5.11 Å². The van der Waals surface area contributed by atoms with Crippen molar-refractivity contribution in [3.63, 3.8) is 0 Å². The summed E-state index contributed by atoms with van der Waals surface area (Å²) in [5.74, 6) is -1.07. The minimum Gasteiger partial charge on any atom is -0.748 e. The quantitative estimate of drug-likeness (QED) is 0.254. The van der Waals surface area contributed by atoms with Gasteiger partial charge in [-0.3, -0.25) is 0 Å². The van der Waals surface area contributed by atoms with Gasteiger partial charge in [0, 0.05) is 6.54 Å². The SMILES string of the molecule is CCCCCS(=O)(=O)NCC(O)CS(=O)(=O)[O-].[Li+]. The fraction of sp³-hybridized carbons (Fsp3) is 1.00. The molecule has 104 valence electrons. The van der Waals surface area contributed by atoms with E-state index in [1.165, 1.54) is 0 Å². The molecule has 0 heterocycles. The Kier molecular flexibility index (Phi) is 10.7. The van der Waals surface area contributed by atoms with Gasteiger partial charge in [0.25, 0.3) is 0 Å². The van der Waals surface area contributed by atoms with E-state index in [1.54, 1.807) is 0 Å². The molecule has 0 saturated heterocycles. The second-order valence-corrected chi connectivity index (χ2v) is 7.13. The molecule has 0 saturated carbocycles. The van der Waals surface area contributed by atoms with Gasteiger partial charge in [-0.2, -0.15) is 0 Å². The summed E-state index contributed by atoms with van der Waals surface area (Å²) < 4.78 is 55.6. The molecular weight excluding hydrogens is 277 g/mol. The summed E-state index contributed by atoms with van der Waals surface area (Å²) in [5, 5.41) is 9.11. The van der Waals surface area contributed by atoms with Gasteiger partial charge in [0.2, 0.25) is 10.0 Å². The summed E-state index contributed by atoms with van der Waals surface area (Å²) in [5.41, 5.74) is 0. The number of aliphatic hydroxyl groups is 1. The number of rotatable bonds is 9. The van der Waals surface area contributed by atoms with Crippen LogP contribution in [0.5, 0.6) is 0 Å². The van der Waals surface area contributed by atoms with Crippen LogP contribution in [0.2, 0.25) is 0 Å². The number of nitrogens with one attached hydrogen (secondary N) is 1. The molecule has 0 aromatic rings. The Morgan fingerprint density at radius 1 is 1.22 bits per heavy atom. The Bertz CT molecular complexity index is 407. The van der Waals surface area contributed by atoms with Crippen molar-refractivity contribution < 1.29 is 45.4 Å². The third kappa shape index (κ3) is 12.8. The van der Waals surface area contributed by atoms with Crippen molar-refractivity contribution in [1.82, 2.24) is 4.72 Å². The summed E-state index contributed by atoms with van der Waals surface area (Å²) in [7, 11) is -8.06. The average molecular weight is 295 g/mol. The molecule has 10 heteroatoms. The summed E-state index contributed by atoms with van der Waals surface area (Å²) in [6.07, 6.45) is 0.644. The molecule has 0 aromatic carbocycles. The van der Waals surface area contributed by atoms with Crippen LogP contribution in [0.25, 0.3) is 0 Å². The fourth-order valence-corrected chi connectivity index (χ4v) is 2.90. The minimum atomic E-state index is -4.55. The van der Waals surface area contributed by atoms with Gasteiger partial charge < -0.3 is 9.66 Å². The summed E-state index contributed by atoms with van der Waals surface area (Å²) in [4.78, 5) is 0. The zero-order valence-corrected chi connectivity index (χ0v) is 12.3. The first kappa shape index (κ1) is 20.7. The Morgan fingerprint density at radius 2 is 1.78 bits per heavy atom. The van der Waals surface area contributed by atoms with E-state index in [2.05, 4.69) is 4.72 Å². The standard InChI is InChI=1S/C8H19NO6S2.Li/c1-2-3-4-5-16(11,12)9-6-8(10)7-17(13,14)15;/h8-10H,2-7H2,1H3,(H,13,14,15);/q;+1/p-1. The number of unbranched alkanes of at least 4 members (excludes halogenated alkanes) is 2. The van der Waals surface area contributed by atoms with Crippen molar-refractivity contribution in [2.75, 3.05) is 18.1 Å². The topological polar surface area (TPSA) is 124 Å². The van der Waals surface area contributed by atoms with Crippen LogP contribution >= 0.6 is 0 Å². The molecule has 2 N–H and O–H groups in total. The molecule has 0 amide bonds. The maximum Gasteiger partial charge on any atom is 1.00 e. The van der Waals surface area contributed by atoms with Gasteiger partial charge in [-0.25, -0.2) is 21.6 Å². The van der Waals surface area contributed by atoms with E-state index < -0.39 is 38.5 Å². The van der Waals surface area contributed by atoms with E-state index in [0.717, 1.165) is 12.8 Å². The van der Waals surface area contributed by atoms with Gasteiger partial charge in [0.15, 0.2) is 0 Å². The van der Waals surface area contributed by atoms with Crippen LogP contribution < -0.4 is 23.6 Å². The summed E-state index contributed by atoms with van der Waals surface area (Å²) in [6, 6.07) is 0. The van der Waals surface area contributed by atoms with E-state index >= 15 is 0 Å². The zero-order chi connectivity index (χ0) is 13.5. The molecule has 0 radical (unpaired) electrons. The largest absolute Gasteiger partial charge is 1.00 e. The van der Waals surface area contributed by atoms with Crippen molar-refractivity contribution in [3.8, 4) is 0 Å². The maximum atomic E-state index is 11.3. The van der Waals surface area contributed by atoms with Crippen molar-refractivity contribution in [2.45, 2.75) is 32.3 Å². The Labute approximate surface area is 120 Å². The minimum absolute atomic E-state index is 0.